The molecular weight excluding hydrogens is 534 g/mol. The van der Waals surface area contributed by atoms with E-state index < -0.39 is 36.2 Å². The molecule has 0 spiro atoms. The van der Waals surface area contributed by atoms with Gasteiger partial charge in [-0.15, -0.1) is 12.3 Å². The Morgan fingerprint density at radius 1 is 0.725 bits per heavy atom. The number of carbonyl (C=O) groups excluding carboxylic acids is 4. The van der Waals surface area contributed by atoms with E-state index in [1.807, 2.05) is 0 Å². The van der Waals surface area contributed by atoms with Gasteiger partial charge in [-0.05, 0) is 12.8 Å². The summed E-state index contributed by atoms with van der Waals surface area (Å²) < 4.78 is 21.0. The van der Waals surface area contributed by atoms with Crippen LogP contribution in [-0.4, -0.2) is 118 Å². The van der Waals surface area contributed by atoms with Crippen molar-refractivity contribution in [2.24, 2.45) is 0 Å². The van der Waals surface area contributed by atoms with Crippen LogP contribution >= 0.6 is 0 Å². The minimum absolute atomic E-state index is 0.0637. The molecule has 3 amide bonds. The average molecular weight is 574 g/mol. The number of aliphatic carboxylic acids is 2. The molecule has 15 nitrogen and oxygen atoms in total. The Bertz CT molecular complexity index is 843. The van der Waals surface area contributed by atoms with Gasteiger partial charge < -0.3 is 45.1 Å². The van der Waals surface area contributed by atoms with Crippen molar-refractivity contribution in [2.75, 3.05) is 65.9 Å². The second-order valence-corrected chi connectivity index (χ2v) is 8.19. The maximum absolute atomic E-state index is 11.8. The summed E-state index contributed by atoms with van der Waals surface area (Å²) in [6.07, 6.45) is 5.09. The fraction of sp³-hybridized carbons (Fsp3) is 0.680. The molecule has 0 aromatic rings. The predicted molar refractivity (Wildman–Crippen MR) is 138 cm³/mol. The number of hydrogen-bond donors (Lipinski definition) is 5. The smallest absolute Gasteiger partial charge is 0.326 e. The van der Waals surface area contributed by atoms with Crippen molar-refractivity contribution in [1.82, 2.24) is 16.0 Å². The highest BCUT2D eigenvalue weighted by atomic mass is 16.5. The second kappa shape index (κ2) is 24.5. The molecule has 226 valence electrons. The first-order valence-electron chi connectivity index (χ1n) is 12.7. The molecule has 0 aliphatic heterocycles. The van der Waals surface area contributed by atoms with E-state index in [1.54, 1.807) is 0 Å². The predicted octanol–water partition coefficient (Wildman–Crippen LogP) is -1.52. The summed E-state index contributed by atoms with van der Waals surface area (Å²) in [6.45, 7) is 1.90. The first-order valence-corrected chi connectivity index (χ1v) is 12.7. The SMILES string of the molecule is C#CCCNC(=O)COCCOCCCC(=O)COCCOCCNC(=O)CCC(NC(=O)CC(=O)O)C(=O)O. The minimum atomic E-state index is -1.39. The molecule has 15 heteroatoms. The molecule has 0 saturated heterocycles. The number of Topliss-reactive ketones (excluding diaryl/α,β-unsaturated/α-hetero) is 1. The molecule has 0 aromatic carbocycles. The highest BCUT2D eigenvalue weighted by Gasteiger charge is 2.22. The summed E-state index contributed by atoms with van der Waals surface area (Å²) in [5.74, 6) is -2.11. The van der Waals surface area contributed by atoms with Gasteiger partial charge in [0, 0.05) is 39.0 Å². The van der Waals surface area contributed by atoms with Crippen molar-refractivity contribution >= 4 is 35.4 Å². The number of carboxylic acid groups (broad SMARTS) is 2. The van der Waals surface area contributed by atoms with Gasteiger partial charge in [0.05, 0.1) is 33.0 Å². The molecule has 0 rings (SSSR count). The van der Waals surface area contributed by atoms with Crippen molar-refractivity contribution in [2.45, 2.75) is 44.6 Å². The zero-order valence-corrected chi connectivity index (χ0v) is 22.4. The maximum Gasteiger partial charge on any atom is 0.326 e. The summed E-state index contributed by atoms with van der Waals surface area (Å²) in [4.78, 5) is 68.0. The van der Waals surface area contributed by atoms with Crippen LogP contribution in [0.25, 0.3) is 0 Å². The van der Waals surface area contributed by atoms with Gasteiger partial charge in [0.1, 0.15) is 25.7 Å². The summed E-state index contributed by atoms with van der Waals surface area (Å²) in [7, 11) is 0. The second-order valence-electron chi connectivity index (χ2n) is 8.19. The Hall–Kier alpha value is -3.58. The number of nitrogens with one attached hydrogen (secondary N) is 3. The van der Waals surface area contributed by atoms with Gasteiger partial charge in [0.25, 0.3) is 0 Å². The van der Waals surface area contributed by atoms with E-state index in [1.165, 1.54) is 0 Å². The van der Waals surface area contributed by atoms with Crippen LogP contribution in [0.1, 0.15) is 38.5 Å². The van der Waals surface area contributed by atoms with Crippen molar-refractivity contribution in [1.29, 1.82) is 0 Å². The highest BCUT2D eigenvalue weighted by molar-refractivity contribution is 5.95. The Balaban J connectivity index is 3.61. The van der Waals surface area contributed by atoms with Gasteiger partial charge in [-0.25, -0.2) is 4.79 Å². The minimum Gasteiger partial charge on any atom is -0.481 e. The number of ketones is 1. The number of hydrogen-bond acceptors (Lipinski definition) is 10. The summed E-state index contributed by atoms with van der Waals surface area (Å²) in [5, 5.41) is 24.8. The molecule has 0 fully saturated rings. The van der Waals surface area contributed by atoms with Gasteiger partial charge in [0.15, 0.2) is 5.78 Å². The lowest BCUT2D eigenvalue weighted by Gasteiger charge is -2.13. The molecule has 0 aliphatic carbocycles. The monoisotopic (exact) mass is 573 g/mol. The first kappa shape index (κ1) is 36.4. The summed E-state index contributed by atoms with van der Waals surface area (Å²) >= 11 is 0. The van der Waals surface area contributed by atoms with E-state index in [0.29, 0.717) is 32.6 Å². The van der Waals surface area contributed by atoms with Crippen LogP contribution in [0, 0.1) is 12.3 Å². The van der Waals surface area contributed by atoms with E-state index in [0.717, 1.165) is 0 Å². The van der Waals surface area contributed by atoms with Crippen LogP contribution in [0.15, 0.2) is 0 Å². The third kappa shape index (κ3) is 23.5. The quantitative estimate of drug-likeness (QED) is 0.0453. The molecule has 0 aromatic heterocycles. The average Bonchev–Trinajstić information content (AvgIpc) is 2.89. The standard InChI is InChI=1S/C25H39N3O12/c1-2-3-8-26-23(32)18-40-15-12-37-10-4-5-19(29)17-39-14-13-38-11-9-27-21(30)7-6-20(25(35)36)28-22(31)16-24(33)34/h1,20H,3-18H2,(H,26,32)(H,27,30)(H,28,31)(H,33,34)(H,35,36). The van der Waals surface area contributed by atoms with Crippen molar-refractivity contribution in [3.63, 3.8) is 0 Å². The zero-order chi connectivity index (χ0) is 30.0. The Morgan fingerprint density at radius 3 is 2.00 bits per heavy atom. The Morgan fingerprint density at radius 2 is 1.35 bits per heavy atom. The Labute approximate surface area is 232 Å². The lowest BCUT2D eigenvalue weighted by Crippen LogP contribution is -2.42. The fourth-order valence-corrected chi connectivity index (χ4v) is 2.83. The van der Waals surface area contributed by atoms with Crippen molar-refractivity contribution < 1.29 is 57.9 Å². The van der Waals surface area contributed by atoms with E-state index in [-0.39, 0.29) is 77.1 Å². The van der Waals surface area contributed by atoms with Crippen LogP contribution in [-0.2, 0) is 47.7 Å². The largest absolute Gasteiger partial charge is 0.481 e. The highest BCUT2D eigenvalue weighted by Crippen LogP contribution is 1.99. The number of amides is 3. The van der Waals surface area contributed by atoms with Crippen LogP contribution in [0.4, 0.5) is 0 Å². The molecule has 1 atom stereocenters. The molecule has 0 heterocycles. The van der Waals surface area contributed by atoms with Gasteiger partial charge >= 0.3 is 11.9 Å². The number of rotatable bonds is 26. The first-order chi connectivity index (χ1) is 19.1. The molecule has 0 aliphatic rings. The van der Waals surface area contributed by atoms with Crippen LogP contribution in [0.3, 0.4) is 0 Å². The Kier molecular flexibility index (Phi) is 22.3. The lowest BCUT2D eigenvalue weighted by atomic mass is 10.1. The number of ether oxygens (including phenoxy) is 4. The molecule has 0 bridgehead atoms. The molecular formula is C25H39N3O12. The van der Waals surface area contributed by atoms with E-state index in [4.69, 9.17) is 35.6 Å². The van der Waals surface area contributed by atoms with Crippen LogP contribution in [0.2, 0.25) is 0 Å². The van der Waals surface area contributed by atoms with Gasteiger partial charge in [-0.2, -0.15) is 0 Å². The lowest BCUT2D eigenvalue weighted by molar-refractivity contribution is -0.145. The number of carboxylic acids is 2. The number of carbonyl (C=O) groups is 6. The van der Waals surface area contributed by atoms with E-state index in [2.05, 4.69) is 21.9 Å². The van der Waals surface area contributed by atoms with Gasteiger partial charge in [0.2, 0.25) is 17.7 Å². The molecule has 40 heavy (non-hydrogen) atoms. The number of terminal acetylenes is 1. The molecule has 0 radical (unpaired) electrons. The van der Waals surface area contributed by atoms with Gasteiger partial charge in [-0.3, -0.25) is 24.0 Å². The zero-order valence-electron chi connectivity index (χ0n) is 22.4. The van der Waals surface area contributed by atoms with Crippen LogP contribution in [0.5, 0.6) is 0 Å². The van der Waals surface area contributed by atoms with Crippen molar-refractivity contribution in [3.8, 4) is 12.3 Å². The third-order valence-corrected chi connectivity index (χ3v) is 4.75. The molecule has 1 unspecified atom stereocenters. The van der Waals surface area contributed by atoms with Gasteiger partial charge in [-0.1, -0.05) is 0 Å². The third-order valence-electron chi connectivity index (χ3n) is 4.75. The molecule has 0 saturated carbocycles. The maximum atomic E-state index is 11.8. The molecule has 5 N–H and O–H groups in total. The summed E-state index contributed by atoms with van der Waals surface area (Å²) in [5.41, 5.74) is 0. The van der Waals surface area contributed by atoms with Crippen LogP contribution < -0.4 is 16.0 Å². The van der Waals surface area contributed by atoms with Crippen molar-refractivity contribution in [3.05, 3.63) is 0 Å². The summed E-state index contributed by atoms with van der Waals surface area (Å²) in [6, 6.07) is -1.38. The van der Waals surface area contributed by atoms with E-state index in [9.17, 15) is 28.8 Å². The fourth-order valence-electron chi connectivity index (χ4n) is 2.83. The normalized spacial score (nSPS) is 11.2. The topological polar surface area (TPSA) is 216 Å². The van der Waals surface area contributed by atoms with E-state index >= 15 is 0 Å².